The Morgan fingerprint density at radius 2 is 1.89 bits per heavy atom. The number of carbonyl (C=O) groups is 1. The van der Waals surface area contributed by atoms with Gasteiger partial charge in [0, 0.05) is 23.4 Å². The summed E-state index contributed by atoms with van der Waals surface area (Å²) in [5.41, 5.74) is 1.85. The fraction of sp³-hybridized carbons (Fsp3) is 0.280. The Hall–Kier alpha value is -4.29. The van der Waals surface area contributed by atoms with Crippen LogP contribution >= 0.6 is 0 Å². The zero-order valence-corrected chi connectivity index (χ0v) is 20.2. The van der Waals surface area contributed by atoms with Crippen molar-refractivity contribution in [2.24, 2.45) is 0 Å². The minimum atomic E-state index is -4.80. The monoisotopic (exact) mass is 532 g/mol. The Balaban J connectivity index is 1.49. The molecule has 1 aliphatic heterocycles. The van der Waals surface area contributed by atoms with Gasteiger partial charge in [0.05, 0.1) is 36.7 Å². The van der Waals surface area contributed by atoms with Crippen LogP contribution in [0.25, 0.3) is 16.9 Å². The summed E-state index contributed by atoms with van der Waals surface area (Å²) in [5.74, 6) is -2.58. The van der Waals surface area contributed by atoms with E-state index in [0.717, 1.165) is 22.1 Å². The van der Waals surface area contributed by atoms with Crippen molar-refractivity contribution >= 4 is 11.6 Å². The minimum Gasteiger partial charge on any atom is -0.495 e. The molecule has 0 aliphatic carbocycles. The molecule has 38 heavy (non-hydrogen) atoms. The molecule has 0 bridgehead atoms. The Bertz CT molecular complexity index is 1510. The van der Waals surface area contributed by atoms with Crippen LogP contribution in [-0.2, 0) is 11.2 Å². The first kappa shape index (κ1) is 25.4. The number of nitrogens with zero attached hydrogens (tertiary/aromatic N) is 6. The molecule has 0 saturated carbocycles. The van der Waals surface area contributed by atoms with Crippen molar-refractivity contribution in [2.45, 2.75) is 32.0 Å². The number of hydrogen-bond acceptors (Lipinski definition) is 5. The molecule has 13 heteroatoms. The van der Waals surface area contributed by atoms with Gasteiger partial charge in [-0.25, -0.2) is 18.4 Å². The van der Waals surface area contributed by atoms with Gasteiger partial charge in [0.1, 0.15) is 35.7 Å². The number of methoxy groups -OCH3 is 1. The summed E-state index contributed by atoms with van der Waals surface area (Å²) in [7, 11) is 1.50. The van der Waals surface area contributed by atoms with Gasteiger partial charge in [0.15, 0.2) is 0 Å². The van der Waals surface area contributed by atoms with Crippen molar-refractivity contribution in [1.82, 2.24) is 24.5 Å². The van der Waals surface area contributed by atoms with Gasteiger partial charge in [-0.2, -0.15) is 13.2 Å². The molecule has 0 fully saturated rings. The van der Waals surface area contributed by atoms with Crippen LogP contribution in [0, 0.1) is 18.6 Å². The van der Waals surface area contributed by atoms with Crippen LogP contribution in [0.1, 0.15) is 23.7 Å². The van der Waals surface area contributed by atoms with Crippen LogP contribution in [0.5, 0.6) is 5.75 Å². The summed E-state index contributed by atoms with van der Waals surface area (Å²) >= 11 is 0. The zero-order chi connectivity index (χ0) is 27.2. The number of amides is 1. The van der Waals surface area contributed by atoms with E-state index in [1.165, 1.54) is 13.3 Å². The Morgan fingerprint density at radius 1 is 1.11 bits per heavy atom. The molecular weight excluding hydrogens is 511 g/mol. The SMILES string of the molecule is COc1cc(-c2cn([C@H]3CCc4c(F)cc(F)cc4N(CC(F)(F)F)C3=O)nn2)ccc1-n1cnc(C)c1. The second-order valence-electron chi connectivity index (χ2n) is 8.87. The van der Waals surface area contributed by atoms with Gasteiger partial charge in [-0.3, -0.25) is 4.79 Å². The molecule has 0 N–H and O–H groups in total. The normalized spacial score (nSPS) is 15.9. The minimum absolute atomic E-state index is 0.0617. The van der Waals surface area contributed by atoms with Gasteiger partial charge in [0.25, 0.3) is 5.91 Å². The number of aryl methyl sites for hydroxylation is 1. The van der Waals surface area contributed by atoms with Crippen molar-refractivity contribution in [1.29, 1.82) is 0 Å². The highest BCUT2D eigenvalue weighted by Crippen LogP contribution is 2.36. The highest BCUT2D eigenvalue weighted by atomic mass is 19.4. The van der Waals surface area contributed by atoms with Crippen LogP contribution in [-0.4, -0.2) is 50.3 Å². The van der Waals surface area contributed by atoms with Crippen molar-refractivity contribution in [3.63, 3.8) is 0 Å². The summed E-state index contributed by atoms with van der Waals surface area (Å²) < 4.78 is 77.1. The Kier molecular flexibility index (Phi) is 6.37. The number of imidazole rings is 1. The quantitative estimate of drug-likeness (QED) is 0.345. The summed E-state index contributed by atoms with van der Waals surface area (Å²) in [6, 6.07) is 5.35. The molecule has 1 aliphatic rings. The predicted molar refractivity (Wildman–Crippen MR) is 126 cm³/mol. The average Bonchev–Trinajstić information content (AvgIpc) is 3.49. The smallest absolute Gasteiger partial charge is 0.406 e. The molecule has 1 atom stereocenters. The highest BCUT2D eigenvalue weighted by molar-refractivity contribution is 5.97. The third-order valence-corrected chi connectivity index (χ3v) is 6.28. The first-order chi connectivity index (χ1) is 18.0. The number of hydrogen-bond donors (Lipinski definition) is 0. The van der Waals surface area contributed by atoms with E-state index in [1.54, 1.807) is 29.1 Å². The van der Waals surface area contributed by atoms with Crippen molar-refractivity contribution in [3.05, 3.63) is 71.9 Å². The van der Waals surface area contributed by atoms with E-state index in [-0.39, 0.29) is 18.4 Å². The number of aromatic nitrogens is 5. The Labute approximate surface area is 213 Å². The van der Waals surface area contributed by atoms with Crippen molar-refractivity contribution in [3.8, 4) is 22.7 Å². The Morgan fingerprint density at radius 3 is 2.58 bits per heavy atom. The van der Waals surface area contributed by atoms with E-state index in [0.29, 0.717) is 28.0 Å². The molecule has 0 radical (unpaired) electrons. The van der Waals surface area contributed by atoms with Crippen molar-refractivity contribution < 1.29 is 31.5 Å². The fourth-order valence-corrected chi connectivity index (χ4v) is 4.53. The molecular formula is C25H21F5N6O2. The largest absolute Gasteiger partial charge is 0.495 e. The molecule has 1 amide bonds. The van der Waals surface area contributed by atoms with E-state index in [2.05, 4.69) is 15.3 Å². The number of rotatable bonds is 5. The third-order valence-electron chi connectivity index (χ3n) is 6.28. The molecule has 2 aromatic heterocycles. The zero-order valence-electron chi connectivity index (χ0n) is 20.2. The number of anilines is 1. The first-order valence-corrected chi connectivity index (χ1v) is 11.5. The molecule has 198 valence electrons. The maximum absolute atomic E-state index is 14.5. The lowest BCUT2D eigenvalue weighted by Crippen LogP contribution is -2.42. The second-order valence-corrected chi connectivity index (χ2v) is 8.87. The number of ether oxygens (including phenoxy) is 1. The highest BCUT2D eigenvalue weighted by Gasteiger charge is 2.40. The molecule has 8 nitrogen and oxygen atoms in total. The van der Waals surface area contributed by atoms with Crippen LogP contribution in [0.2, 0.25) is 0 Å². The molecule has 5 rings (SSSR count). The number of halogens is 5. The predicted octanol–water partition coefficient (Wildman–Crippen LogP) is 4.81. The van der Waals surface area contributed by atoms with Gasteiger partial charge in [-0.1, -0.05) is 11.3 Å². The maximum atomic E-state index is 14.5. The third kappa shape index (κ3) is 4.83. The first-order valence-electron chi connectivity index (χ1n) is 11.5. The number of carbonyl (C=O) groups excluding carboxylic acids is 1. The standard InChI is InChI=1S/C25H21F5N6O2/c1-14-10-34(13-31-14)20-5-3-15(7-23(20)38-2)19-11-36(33-32-19)21-6-4-17-18(27)8-16(26)9-22(17)35(24(21)37)12-25(28,29)30/h3,5,7-11,13,21H,4,6,12H2,1-2H3/t21-/m0/s1. The molecule has 4 aromatic rings. The number of fused-ring (bicyclic) bond motifs is 1. The topological polar surface area (TPSA) is 78.1 Å². The molecule has 2 aromatic carbocycles. The van der Waals surface area contributed by atoms with Gasteiger partial charge >= 0.3 is 6.18 Å². The molecule has 3 heterocycles. The molecule has 0 spiro atoms. The van der Waals surface area contributed by atoms with E-state index >= 15 is 0 Å². The van der Waals surface area contributed by atoms with Crippen LogP contribution in [0.15, 0.2) is 49.1 Å². The van der Waals surface area contributed by atoms with E-state index in [9.17, 15) is 26.7 Å². The van der Waals surface area contributed by atoms with Crippen LogP contribution in [0.4, 0.5) is 27.6 Å². The van der Waals surface area contributed by atoms with Gasteiger partial charge in [-0.05, 0) is 38.0 Å². The lowest BCUT2D eigenvalue weighted by Gasteiger charge is -2.26. The molecule has 0 unspecified atom stereocenters. The summed E-state index contributed by atoms with van der Waals surface area (Å²) in [5, 5.41) is 8.10. The van der Waals surface area contributed by atoms with Gasteiger partial charge < -0.3 is 14.2 Å². The summed E-state index contributed by atoms with van der Waals surface area (Å²) in [6.45, 7) is 0.149. The lowest BCUT2D eigenvalue weighted by molar-refractivity contribution is -0.134. The summed E-state index contributed by atoms with van der Waals surface area (Å²) in [6.07, 6.45) is -0.0750. The number of alkyl halides is 3. The number of benzene rings is 2. The van der Waals surface area contributed by atoms with Crippen LogP contribution < -0.4 is 9.64 Å². The lowest BCUT2D eigenvalue weighted by atomic mass is 10.0. The van der Waals surface area contributed by atoms with Crippen LogP contribution in [0.3, 0.4) is 0 Å². The van der Waals surface area contributed by atoms with Gasteiger partial charge in [-0.15, -0.1) is 5.10 Å². The average molecular weight is 532 g/mol. The van der Waals surface area contributed by atoms with E-state index < -0.39 is 42.0 Å². The van der Waals surface area contributed by atoms with Crippen molar-refractivity contribution in [2.75, 3.05) is 18.6 Å². The second kappa shape index (κ2) is 9.54. The fourth-order valence-electron chi connectivity index (χ4n) is 4.53. The van der Waals surface area contributed by atoms with E-state index in [1.807, 2.05) is 13.1 Å². The maximum Gasteiger partial charge on any atom is 0.406 e. The molecule has 0 saturated heterocycles. The summed E-state index contributed by atoms with van der Waals surface area (Å²) in [4.78, 5) is 17.9. The van der Waals surface area contributed by atoms with Gasteiger partial charge in [0.2, 0.25) is 0 Å². The van der Waals surface area contributed by atoms with E-state index in [4.69, 9.17) is 4.74 Å².